The molecule has 2 saturated heterocycles. The van der Waals surface area contributed by atoms with E-state index >= 15 is 0 Å². The fraction of sp³-hybridized carbons (Fsp3) is 0.357. The van der Waals surface area contributed by atoms with Crippen molar-refractivity contribution in [1.29, 1.82) is 0 Å². The fourth-order valence-corrected chi connectivity index (χ4v) is 8.25. The van der Waals surface area contributed by atoms with E-state index in [1.807, 2.05) is 0 Å². The smallest absolute Gasteiger partial charge is 0.355 e. The number of nitrogens with zero attached hydrogens (tertiary/aromatic N) is 4. The van der Waals surface area contributed by atoms with Crippen LogP contribution < -0.4 is 9.62 Å². The Morgan fingerprint density at radius 1 is 1.02 bits per heavy atom. The molecular formula is C28H27ClF3N5O2S2. The molecule has 13 heteroatoms. The van der Waals surface area contributed by atoms with E-state index in [0.717, 1.165) is 50.4 Å². The summed E-state index contributed by atoms with van der Waals surface area (Å²) in [6.07, 6.45) is -1.96. The maximum absolute atomic E-state index is 13.0. The number of hydrogen-bond acceptors (Lipinski definition) is 7. The number of halogens is 4. The largest absolute Gasteiger partial charge is 0.393 e. The number of thiophene rings is 1. The quantitative estimate of drug-likeness (QED) is 0.259. The van der Waals surface area contributed by atoms with E-state index in [4.69, 9.17) is 11.6 Å². The van der Waals surface area contributed by atoms with Crippen molar-refractivity contribution >= 4 is 54.7 Å². The molecule has 216 valence electrons. The van der Waals surface area contributed by atoms with E-state index in [1.165, 1.54) is 6.33 Å². The highest BCUT2D eigenvalue weighted by Gasteiger charge is 2.44. The summed E-state index contributed by atoms with van der Waals surface area (Å²) in [6, 6.07) is 15.0. The Bertz CT molecular complexity index is 1680. The zero-order valence-corrected chi connectivity index (χ0v) is 24.3. The first kappa shape index (κ1) is 28.2. The van der Waals surface area contributed by atoms with Crippen LogP contribution >= 0.6 is 22.9 Å². The van der Waals surface area contributed by atoms with Crippen LogP contribution in [0.15, 0.2) is 65.8 Å². The molecule has 0 amide bonds. The molecule has 2 aliphatic rings. The first-order valence-corrected chi connectivity index (χ1v) is 15.8. The van der Waals surface area contributed by atoms with Crippen molar-refractivity contribution in [3.05, 3.63) is 76.4 Å². The van der Waals surface area contributed by atoms with Crippen LogP contribution in [0.1, 0.15) is 23.3 Å². The third-order valence-electron chi connectivity index (χ3n) is 7.79. The summed E-state index contributed by atoms with van der Waals surface area (Å²) >= 11 is 7.64. The Morgan fingerprint density at radius 2 is 1.80 bits per heavy atom. The number of nitrogens with one attached hydrogen (secondary N) is 1. The number of anilines is 2. The van der Waals surface area contributed by atoms with Gasteiger partial charge in [-0.15, -0.1) is 11.3 Å². The van der Waals surface area contributed by atoms with Gasteiger partial charge in [0.25, 0.3) is 10.0 Å². The molecule has 2 fully saturated rings. The van der Waals surface area contributed by atoms with Crippen LogP contribution in [0.3, 0.4) is 0 Å². The Balaban J connectivity index is 1.17. The molecule has 2 aromatic heterocycles. The van der Waals surface area contributed by atoms with Gasteiger partial charge >= 0.3 is 6.18 Å². The third kappa shape index (κ3) is 6.01. The number of sulfonamides is 1. The Morgan fingerprint density at radius 3 is 2.59 bits per heavy atom. The van der Waals surface area contributed by atoms with E-state index in [2.05, 4.69) is 24.5 Å². The molecule has 41 heavy (non-hydrogen) atoms. The van der Waals surface area contributed by atoms with Gasteiger partial charge in [-0.25, -0.2) is 18.4 Å². The lowest BCUT2D eigenvalue weighted by Crippen LogP contribution is -2.31. The molecule has 2 aromatic carbocycles. The maximum atomic E-state index is 13.0. The van der Waals surface area contributed by atoms with Crippen LogP contribution in [-0.2, 0) is 23.0 Å². The summed E-state index contributed by atoms with van der Waals surface area (Å²) in [7, 11) is -3.78. The molecule has 4 heterocycles. The van der Waals surface area contributed by atoms with Crippen molar-refractivity contribution in [2.75, 3.05) is 35.8 Å². The van der Waals surface area contributed by atoms with Gasteiger partial charge in [0.15, 0.2) is 0 Å². The Kier molecular flexibility index (Phi) is 7.37. The van der Waals surface area contributed by atoms with E-state index in [9.17, 15) is 21.6 Å². The molecule has 4 aromatic rings. The number of alkyl halides is 3. The van der Waals surface area contributed by atoms with Gasteiger partial charge in [-0.3, -0.25) is 9.62 Å². The molecule has 6 rings (SSSR count). The third-order valence-corrected chi connectivity index (χ3v) is 10.6. The molecule has 1 N–H and O–H groups in total. The first-order chi connectivity index (χ1) is 19.5. The van der Waals surface area contributed by atoms with Gasteiger partial charge in [0.1, 0.15) is 17.0 Å². The predicted octanol–water partition coefficient (Wildman–Crippen LogP) is 6.35. The molecule has 0 bridgehead atoms. The number of aromatic nitrogens is 2. The number of rotatable bonds is 7. The minimum Gasteiger partial charge on any atom is -0.355 e. The van der Waals surface area contributed by atoms with E-state index in [-0.39, 0.29) is 15.2 Å². The lowest BCUT2D eigenvalue weighted by molar-refractivity contribution is -0.126. The molecule has 1 unspecified atom stereocenters. The van der Waals surface area contributed by atoms with Gasteiger partial charge < -0.3 is 4.90 Å². The lowest BCUT2D eigenvalue weighted by Gasteiger charge is -2.26. The predicted molar refractivity (Wildman–Crippen MR) is 155 cm³/mol. The monoisotopic (exact) mass is 621 g/mol. The molecular weight excluding hydrogens is 595 g/mol. The van der Waals surface area contributed by atoms with Gasteiger partial charge in [0.2, 0.25) is 0 Å². The average Bonchev–Trinajstić information content (AvgIpc) is 3.63. The van der Waals surface area contributed by atoms with E-state index < -0.39 is 22.6 Å². The fourth-order valence-electron chi connectivity index (χ4n) is 5.88. The standard InChI is InChI=1S/C28H27ClF3N5O2S2/c29-23-7-4-8-24(35-41(38,39)20-5-2-1-3-6-20)22(23)15-36-11-9-27(16-36)10-12-37(17-27)25-21-13-19(14-28(30,31)32)40-26(21)34-18-33-25/h1-8,13,18,35H,9-12,14-17H2. The van der Waals surface area contributed by atoms with Crippen molar-refractivity contribution in [3.8, 4) is 0 Å². The molecule has 0 aliphatic carbocycles. The molecule has 7 nitrogen and oxygen atoms in total. The van der Waals surface area contributed by atoms with Crippen LogP contribution in [0.5, 0.6) is 0 Å². The van der Waals surface area contributed by atoms with Crippen molar-refractivity contribution in [2.45, 2.75) is 36.9 Å². The number of fused-ring (bicyclic) bond motifs is 1. The molecule has 0 radical (unpaired) electrons. The van der Waals surface area contributed by atoms with Crippen molar-refractivity contribution in [2.24, 2.45) is 5.41 Å². The molecule has 1 spiro atoms. The Labute approximate surface area is 245 Å². The first-order valence-electron chi connectivity index (χ1n) is 13.1. The number of likely N-dealkylation sites (tertiary alicyclic amines) is 1. The second-order valence-electron chi connectivity index (χ2n) is 10.7. The SMILES string of the molecule is O=S(=O)(Nc1cccc(Cl)c1CN1CCC2(CCN(c3ncnc4sc(CC(F)(F)F)cc34)C2)C1)c1ccccc1. The minimum absolute atomic E-state index is 0.00689. The highest BCUT2D eigenvalue weighted by Crippen LogP contribution is 2.44. The van der Waals surface area contributed by atoms with Gasteiger partial charge in [-0.05, 0) is 49.7 Å². The Hall–Kier alpha value is -2.93. The van der Waals surface area contributed by atoms with Crippen LogP contribution in [0.4, 0.5) is 24.7 Å². The number of hydrogen-bond donors (Lipinski definition) is 1. The summed E-state index contributed by atoms with van der Waals surface area (Å²) in [5.74, 6) is 0.679. The number of benzene rings is 2. The summed E-state index contributed by atoms with van der Waals surface area (Å²) in [5.41, 5.74) is 1.16. The highest BCUT2D eigenvalue weighted by molar-refractivity contribution is 7.92. The summed E-state index contributed by atoms with van der Waals surface area (Å²) in [4.78, 5) is 14.1. The van der Waals surface area contributed by atoms with Crippen molar-refractivity contribution in [3.63, 3.8) is 0 Å². The zero-order chi connectivity index (χ0) is 28.8. The van der Waals surface area contributed by atoms with Gasteiger partial charge in [0, 0.05) is 47.1 Å². The second kappa shape index (κ2) is 10.7. The molecule has 0 saturated carbocycles. The lowest BCUT2D eigenvalue weighted by atomic mass is 9.86. The summed E-state index contributed by atoms with van der Waals surface area (Å²) in [5, 5.41) is 1.15. The highest BCUT2D eigenvalue weighted by atomic mass is 35.5. The maximum Gasteiger partial charge on any atom is 0.393 e. The average molecular weight is 622 g/mol. The minimum atomic E-state index is -4.28. The zero-order valence-electron chi connectivity index (χ0n) is 21.9. The van der Waals surface area contributed by atoms with E-state index in [0.29, 0.717) is 38.9 Å². The van der Waals surface area contributed by atoms with Crippen LogP contribution in [-0.4, -0.2) is 55.6 Å². The molecule has 2 aliphatic heterocycles. The van der Waals surface area contributed by atoms with Crippen LogP contribution in [0.2, 0.25) is 5.02 Å². The van der Waals surface area contributed by atoms with Crippen molar-refractivity contribution < 1.29 is 21.6 Å². The van der Waals surface area contributed by atoms with Crippen molar-refractivity contribution in [1.82, 2.24) is 14.9 Å². The summed E-state index contributed by atoms with van der Waals surface area (Å²) in [6.45, 7) is 3.57. The van der Waals surface area contributed by atoms with Gasteiger partial charge in [0.05, 0.1) is 22.4 Å². The molecule has 1 atom stereocenters. The van der Waals surface area contributed by atoms with Crippen LogP contribution in [0, 0.1) is 5.41 Å². The topological polar surface area (TPSA) is 78.4 Å². The van der Waals surface area contributed by atoms with Gasteiger partial charge in [-0.1, -0.05) is 35.9 Å². The summed E-state index contributed by atoms with van der Waals surface area (Å²) < 4.78 is 67.7. The van der Waals surface area contributed by atoms with E-state index in [1.54, 1.807) is 54.6 Å². The second-order valence-corrected chi connectivity index (χ2v) is 13.9. The normalized spacial score (nSPS) is 20.0. The van der Waals surface area contributed by atoms with Crippen LogP contribution in [0.25, 0.3) is 10.2 Å². The van der Waals surface area contributed by atoms with Gasteiger partial charge in [-0.2, -0.15) is 13.2 Å².